The summed E-state index contributed by atoms with van der Waals surface area (Å²) in [6.07, 6.45) is -0.149. The fourth-order valence-corrected chi connectivity index (χ4v) is 1.55. The predicted octanol–water partition coefficient (Wildman–Crippen LogP) is 0.546. The normalized spacial score (nSPS) is 18.7. The number of ether oxygens (including phenoxy) is 1. The predicted molar refractivity (Wildman–Crippen MR) is 55.9 cm³/mol. The van der Waals surface area contributed by atoms with E-state index in [0.29, 0.717) is 35.3 Å². The number of benzene rings is 1. The van der Waals surface area contributed by atoms with Crippen molar-refractivity contribution in [3.05, 3.63) is 23.8 Å². The minimum absolute atomic E-state index is 0.0634. The van der Waals surface area contributed by atoms with Crippen molar-refractivity contribution in [1.29, 1.82) is 0 Å². The maximum absolute atomic E-state index is 9.49. The van der Waals surface area contributed by atoms with Crippen LogP contribution in [-0.2, 0) is 4.84 Å². The van der Waals surface area contributed by atoms with Crippen molar-refractivity contribution in [1.82, 2.24) is 0 Å². The highest BCUT2D eigenvalue weighted by molar-refractivity contribution is 5.63. The summed E-state index contributed by atoms with van der Waals surface area (Å²) in [5.41, 5.74) is 6.74. The quantitative estimate of drug-likeness (QED) is 0.650. The fourth-order valence-electron chi connectivity index (χ4n) is 1.55. The summed E-state index contributed by atoms with van der Waals surface area (Å²) in [7, 11) is 0. The van der Waals surface area contributed by atoms with Crippen molar-refractivity contribution in [3.8, 4) is 5.75 Å². The number of nitrogens with zero attached hydrogens (tertiary/aromatic N) is 1. The van der Waals surface area contributed by atoms with E-state index in [1.807, 2.05) is 0 Å². The largest absolute Gasteiger partial charge is 0.491 e. The second-order valence-corrected chi connectivity index (χ2v) is 3.42. The van der Waals surface area contributed by atoms with Gasteiger partial charge in [0.2, 0.25) is 0 Å². The van der Waals surface area contributed by atoms with Gasteiger partial charge in [-0.3, -0.25) is 10.9 Å². The van der Waals surface area contributed by atoms with E-state index in [4.69, 9.17) is 20.4 Å². The molecule has 1 aromatic rings. The van der Waals surface area contributed by atoms with Gasteiger partial charge in [-0.2, -0.15) is 0 Å². The van der Waals surface area contributed by atoms with Crippen molar-refractivity contribution in [2.45, 2.75) is 12.6 Å². The van der Waals surface area contributed by atoms with Crippen LogP contribution in [-0.4, -0.2) is 23.5 Å². The number of hydrogen-bond acceptors (Lipinski definition) is 6. The number of anilines is 1. The summed E-state index contributed by atoms with van der Waals surface area (Å²) in [6.45, 7) is 0.434. The van der Waals surface area contributed by atoms with Gasteiger partial charge < -0.3 is 9.84 Å². The van der Waals surface area contributed by atoms with Gasteiger partial charge in [0.25, 0.3) is 0 Å². The van der Waals surface area contributed by atoms with Crippen molar-refractivity contribution >= 4 is 5.69 Å². The van der Waals surface area contributed by atoms with Gasteiger partial charge in [-0.05, 0) is 6.07 Å². The van der Waals surface area contributed by atoms with Crippen LogP contribution in [0.25, 0.3) is 0 Å². The molecule has 0 saturated carbocycles. The summed E-state index contributed by atoms with van der Waals surface area (Å²) in [5.74, 6) is 0.487. The lowest BCUT2D eigenvalue weighted by Crippen LogP contribution is -2.17. The molecule has 0 radical (unpaired) electrons. The molecule has 1 aliphatic rings. The van der Waals surface area contributed by atoms with E-state index in [-0.39, 0.29) is 6.61 Å². The van der Waals surface area contributed by atoms with Gasteiger partial charge in [0.15, 0.2) is 6.23 Å². The molecule has 0 saturated heterocycles. The summed E-state index contributed by atoms with van der Waals surface area (Å²) in [5, 5.41) is 18.8. The number of aliphatic hydroxyl groups is 1. The Morgan fingerprint density at radius 3 is 3.06 bits per heavy atom. The second-order valence-electron chi connectivity index (χ2n) is 3.42. The van der Waals surface area contributed by atoms with Gasteiger partial charge in [-0.15, -0.1) is 5.23 Å². The van der Waals surface area contributed by atoms with Gasteiger partial charge in [0, 0.05) is 18.6 Å². The average Bonchev–Trinajstić information content (AvgIpc) is 2.56. The summed E-state index contributed by atoms with van der Waals surface area (Å²) < 4.78 is 5.41. The maximum Gasteiger partial charge on any atom is 0.164 e. The molecule has 0 amide bonds. The number of nitrogens with two attached hydrogens (primary N) is 1. The molecule has 0 spiro atoms. The minimum Gasteiger partial charge on any atom is -0.491 e. The molecule has 6 nitrogen and oxygen atoms in total. The number of hydrogen-bond donors (Lipinski definition) is 3. The molecule has 6 heteroatoms. The van der Waals surface area contributed by atoms with Gasteiger partial charge in [0.05, 0.1) is 6.61 Å². The third-order valence-corrected chi connectivity index (χ3v) is 2.30. The standard InChI is InChI=1S/C10H14N2O4/c11-10-7-3-1-4-8(15-6-2-5-13)9(7)12(14)16-10/h1,3-4,10,13-14H,2,5-6,11H2/t10-/m1/s1. The first kappa shape index (κ1) is 11.2. The van der Waals surface area contributed by atoms with E-state index in [2.05, 4.69) is 0 Å². The maximum atomic E-state index is 9.49. The molecule has 0 unspecified atom stereocenters. The first-order chi connectivity index (χ1) is 7.74. The van der Waals surface area contributed by atoms with Crippen molar-refractivity contribution < 1.29 is 19.9 Å². The molecule has 0 aliphatic carbocycles. The monoisotopic (exact) mass is 226 g/mol. The Kier molecular flexibility index (Phi) is 3.25. The van der Waals surface area contributed by atoms with Crippen LogP contribution in [0.2, 0.25) is 0 Å². The smallest absolute Gasteiger partial charge is 0.164 e. The number of aliphatic hydroxyl groups excluding tert-OH is 1. The molecular formula is C10H14N2O4. The van der Waals surface area contributed by atoms with Crippen molar-refractivity contribution in [3.63, 3.8) is 0 Å². The Bertz CT molecular complexity index is 372. The van der Waals surface area contributed by atoms with Crippen LogP contribution in [0.15, 0.2) is 18.2 Å². The molecule has 0 fully saturated rings. The zero-order valence-corrected chi connectivity index (χ0v) is 8.67. The van der Waals surface area contributed by atoms with Crippen LogP contribution < -0.4 is 15.7 Å². The first-order valence-corrected chi connectivity index (χ1v) is 5.02. The van der Waals surface area contributed by atoms with Crippen molar-refractivity contribution in [2.24, 2.45) is 5.73 Å². The summed E-state index contributed by atoms with van der Waals surface area (Å²) in [4.78, 5) is 4.92. The van der Waals surface area contributed by atoms with E-state index < -0.39 is 6.23 Å². The van der Waals surface area contributed by atoms with Crippen LogP contribution in [0.3, 0.4) is 0 Å². The zero-order chi connectivity index (χ0) is 11.5. The Morgan fingerprint density at radius 1 is 1.50 bits per heavy atom. The minimum atomic E-state index is -0.679. The van der Waals surface area contributed by atoms with Gasteiger partial charge in [0.1, 0.15) is 11.4 Å². The number of para-hydroxylation sites is 1. The lowest BCUT2D eigenvalue weighted by Gasteiger charge is -2.13. The third-order valence-electron chi connectivity index (χ3n) is 2.30. The van der Waals surface area contributed by atoms with Crippen LogP contribution in [0.4, 0.5) is 5.69 Å². The topological polar surface area (TPSA) is 88.2 Å². The lowest BCUT2D eigenvalue weighted by molar-refractivity contribution is -0.0652. The van der Waals surface area contributed by atoms with Crippen LogP contribution >= 0.6 is 0 Å². The molecule has 16 heavy (non-hydrogen) atoms. The van der Waals surface area contributed by atoms with Gasteiger partial charge >= 0.3 is 0 Å². The van der Waals surface area contributed by atoms with Crippen LogP contribution in [0.1, 0.15) is 18.2 Å². The van der Waals surface area contributed by atoms with E-state index in [1.54, 1.807) is 18.2 Å². The molecule has 1 atom stereocenters. The Labute approximate surface area is 92.7 Å². The molecule has 4 N–H and O–H groups in total. The second kappa shape index (κ2) is 4.67. The van der Waals surface area contributed by atoms with E-state index in [0.717, 1.165) is 0 Å². The Hall–Kier alpha value is -1.34. The number of fused-ring (bicyclic) bond motifs is 1. The molecule has 1 heterocycles. The Balaban J connectivity index is 2.20. The molecule has 2 rings (SSSR count). The summed E-state index contributed by atoms with van der Waals surface area (Å²) in [6, 6.07) is 5.24. The highest BCUT2D eigenvalue weighted by atomic mass is 16.9. The highest BCUT2D eigenvalue weighted by Crippen LogP contribution is 2.40. The fraction of sp³-hybridized carbons (Fsp3) is 0.400. The average molecular weight is 226 g/mol. The van der Waals surface area contributed by atoms with Gasteiger partial charge in [-0.25, -0.2) is 4.84 Å². The molecular weight excluding hydrogens is 212 g/mol. The number of rotatable bonds is 4. The van der Waals surface area contributed by atoms with E-state index in [9.17, 15) is 5.21 Å². The third kappa shape index (κ3) is 1.96. The summed E-state index contributed by atoms with van der Waals surface area (Å²) >= 11 is 0. The Morgan fingerprint density at radius 2 is 2.31 bits per heavy atom. The first-order valence-electron chi connectivity index (χ1n) is 5.02. The molecule has 88 valence electrons. The molecule has 0 bridgehead atoms. The van der Waals surface area contributed by atoms with E-state index in [1.165, 1.54) is 0 Å². The van der Waals surface area contributed by atoms with Crippen LogP contribution in [0, 0.1) is 0 Å². The van der Waals surface area contributed by atoms with E-state index >= 15 is 0 Å². The SMILES string of the molecule is N[C@@H]1ON(O)c2c(OCCCO)cccc21. The van der Waals surface area contributed by atoms with Crippen LogP contribution in [0.5, 0.6) is 5.75 Å². The lowest BCUT2D eigenvalue weighted by atomic mass is 10.1. The highest BCUT2D eigenvalue weighted by Gasteiger charge is 2.29. The molecule has 1 aliphatic heterocycles. The molecule has 0 aromatic heterocycles. The van der Waals surface area contributed by atoms with Crippen molar-refractivity contribution in [2.75, 3.05) is 18.4 Å². The molecule has 1 aromatic carbocycles. The zero-order valence-electron chi connectivity index (χ0n) is 8.67. The van der Waals surface area contributed by atoms with Gasteiger partial charge in [-0.1, -0.05) is 12.1 Å².